The zero-order valence-electron chi connectivity index (χ0n) is 10.3. The third-order valence-corrected chi connectivity index (χ3v) is 3.26. The van der Waals surface area contributed by atoms with Crippen molar-refractivity contribution in [3.63, 3.8) is 0 Å². The molecule has 0 aromatic heterocycles. The summed E-state index contributed by atoms with van der Waals surface area (Å²) < 4.78 is 6.57. The molecular formula is C13H19BrClNO. The Labute approximate surface area is 117 Å². The van der Waals surface area contributed by atoms with E-state index in [-0.39, 0.29) is 0 Å². The number of halogens is 2. The van der Waals surface area contributed by atoms with Crippen LogP contribution in [0.1, 0.15) is 26.7 Å². The molecule has 0 spiro atoms. The molecule has 1 rings (SSSR count). The number of benzene rings is 1. The predicted octanol–water partition coefficient (Wildman–Crippen LogP) is 4.26. The first-order chi connectivity index (χ1) is 8.13. The van der Waals surface area contributed by atoms with Crippen LogP contribution in [0.5, 0.6) is 5.75 Å². The summed E-state index contributed by atoms with van der Waals surface area (Å²) in [6, 6.07) is 6.18. The van der Waals surface area contributed by atoms with E-state index in [1.807, 2.05) is 18.2 Å². The number of hydrogen-bond acceptors (Lipinski definition) is 2. The molecule has 0 heterocycles. The highest BCUT2D eigenvalue weighted by Gasteiger charge is 2.02. The minimum Gasteiger partial charge on any atom is -0.491 e. The predicted molar refractivity (Wildman–Crippen MR) is 77.0 cm³/mol. The number of nitrogens with one attached hydrogen (secondary N) is 1. The van der Waals surface area contributed by atoms with Gasteiger partial charge >= 0.3 is 0 Å². The monoisotopic (exact) mass is 319 g/mol. The SMILES string of the molecule is CCCC(C)NCCOc1ccc(Br)cc1Cl. The summed E-state index contributed by atoms with van der Waals surface area (Å²) in [5.74, 6) is 0.736. The molecule has 0 saturated heterocycles. The Kier molecular flexibility index (Phi) is 6.93. The van der Waals surface area contributed by atoms with Gasteiger partial charge in [-0.3, -0.25) is 0 Å². The summed E-state index contributed by atoms with van der Waals surface area (Å²) in [6.45, 7) is 5.86. The summed E-state index contributed by atoms with van der Waals surface area (Å²) in [6.07, 6.45) is 2.40. The van der Waals surface area contributed by atoms with Crippen LogP contribution in [0.4, 0.5) is 0 Å². The molecule has 1 atom stereocenters. The van der Waals surface area contributed by atoms with Crippen LogP contribution in [0, 0.1) is 0 Å². The molecule has 0 aliphatic carbocycles. The van der Waals surface area contributed by atoms with Gasteiger partial charge in [-0.25, -0.2) is 0 Å². The third-order valence-electron chi connectivity index (χ3n) is 2.47. The quantitative estimate of drug-likeness (QED) is 0.758. The smallest absolute Gasteiger partial charge is 0.138 e. The molecule has 96 valence electrons. The molecule has 0 aliphatic rings. The fourth-order valence-corrected chi connectivity index (χ4v) is 2.32. The Morgan fingerprint density at radius 2 is 2.24 bits per heavy atom. The summed E-state index contributed by atoms with van der Waals surface area (Å²) in [4.78, 5) is 0. The second-order valence-corrected chi connectivity index (χ2v) is 5.39. The maximum absolute atomic E-state index is 6.05. The van der Waals surface area contributed by atoms with E-state index in [0.29, 0.717) is 17.7 Å². The highest BCUT2D eigenvalue weighted by atomic mass is 79.9. The van der Waals surface area contributed by atoms with E-state index in [2.05, 4.69) is 35.1 Å². The van der Waals surface area contributed by atoms with Gasteiger partial charge in [0.1, 0.15) is 12.4 Å². The topological polar surface area (TPSA) is 21.3 Å². The maximum atomic E-state index is 6.05. The zero-order chi connectivity index (χ0) is 12.7. The van der Waals surface area contributed by atoms with Crippen molar-refractivity contribution in [1.82, 2.24) is 5.32 Å². The van der Waals surface area contributed by atoms with Crippen LogP contribution in [0.2, 0.25) is 5.02 Å². The van der Waals surface area contributed by atoms with E-state index in [4.69, 9.17) is 16.3 Å². The molecule has 17 heavy (non-hydrogen) atoms. The average molecular weight is 321 g/mol. The normalized spacial score (nSPS) is 12.5. The third kappa shape index (κ3) is 5.75. The van der Waals surface area contributed by atoms with Crippen LogP contribution in [0.15, 0.2) is 22.7 Å². The van der Waals surface area contributed by atoms with Gasteiger partial charge in [0, 0.05) is 17.1 Å². The Balaban J connectivity index is 2.26. The molecule has 0 amide bonds. The first-order valence-electron chi connectivity index (χ1n) is 5.94. The molecule has 1 unspecified atom stereocenters. The van der Waals surface area contributed by atoms with Gasteiger partial charge in [-0.1, -0.05) is 40.9 Å². The van der Waals surface area contributed by atoms with Crippen molar-refractivity contribution < 1.29 is 4.74 Å². The Bertz CT molecular complexity index is 346. The molecule has 0 fully saturated rings. The van der Waals surface area contributed by atoms with Gasteiger partial charge in [-0.15, -0.1) is 0 Å². The lowest BCUT2D eigenvalue weighted by Gasteiger charge is -2.13. The lowest BCUT2D eigenvalue weighted by Crippen LogP contribution is -2.29. The van der Waals surface area contributed by atoms with E-state index in [9.17, 15) is 0 Å². The summed E-state index contributed by atoms with van der Waals surface area (Å²) >= 11 is 9.41. The van der Waals surface area contributed by atoms with Crippen molar-refractivity contribution in [3.8, 4) is 5.75 Å². The Morgan fingerprint density at radius 1 is 1.47 bits per heavy atom. The van der Waals surface area contributed by atoms with Crippen molar-refractivity contribution in [2.75, 3.05) is 13.2 Å². The first-order valence-corrected chi connectivity index (χ1v) is 7.11. The minimum atomic E-state index is 0.545. The van der Waals surface area contributed by atoms with E-state index in [1.165, 1.54) is 12.8 Å². The summed E-state index contributed by atoms with van der Waals surface area (Å²) in [5, 5.41) is 4.05. The van der Waals surface area contributed by atoms with Crippen LogP contribution in [-0.2, 0) is 0 Å². The average Bonchev–Trinajstić information content (AvgIpc) is 2.27. The van der Waals surface area contributed by atoms with Crippen LogP contribution in [0.3, 0.4) is 0 Å². The molecule has 0 aliphatic heterocycles. The number of ether oxygens (including phenoxy) is 1. The Hall–Kier alpha value is -0.250. The number of rotatable bonds is 7. The second kappa shape index (κ2) is 7.96. The van der Waals surface area contributed by atoms with E-state index < -0.39 is 0 Å². The van der Waals surface area contributed by atoms with Crippen LogP contribution in [0.25, 0.3) is 0 Å². The largest absolute Gasteiger partial charge is 0.491 e. The fraction of sp³-hybridized carbons (Fsp3) is 0.538. The summed E-state index contributed by atoms with van der Waals surface area (Å²) in [7, 11) is 0. The van der Waals surface area contributed by atoms with Gasteiger partial charge in [-0.2, -0.15) is 0 Å². The summed E-state index contributed by atoms with van der Waals surface area (Å²) in [5.41, 5.74) is 0. The molecule has 0 bridgehead atoms. The number of hydrogen-bond donors (Lipinski definition) is 1. The van der Waals surface area contributed by atoms with Crippen LogP contribution >= 0.6 is 27.5 Å². The van der Waals surface area contributed by atoms with E-state index in [1.54, 1.807) is 0 Å². The van der Waals surface area contributed by atoms with Crippen molar-refractivity contribution in [2.45, 2.75) is 32.7 Å². The minimum absolute atomic E-state index is 0.545. The second-order valence-electron chi connectivity index (χ2n) is 4.07. The van der Waals surface area contributed by atoms with Crippen molar-refractivity contribution in [2.24, 2.45) is 0 Å². The zero-order valence-corrected chi connectivity index (χ0v) is 12.6. The highest BCUT2D eigenvalue weighted by molar-refractivity contribution is 9.10. The van der Waals surface area contributed by atoms with Crippen LogP contribution < -0.4 is 10.1 Å². The molecule has 0 saturated carbocycles. The lowest BCUT2D eigenvalue weighted by molar-refractivity contribution is 0.305. The van der Waals surface area contributed by atoms with Crippen molar-refractivity contribution in [3.05, 3.63) is 27.7 Å². The van der Waals surface area contributed by atoms with Crippen molar-refractivity contribution >= 4 is 27.5 Å². The van der Waals surface area contributed by atoms with Gasteiger partial charge in [0.05, 0.1) is 5.02 Å². The van der Waals surface area contributed by atoms with Crippen LogP contribution in [-0.4, -0.2) is 19.2 Å². The molecule has 1 aromatic rings. The van der Waals surface area contributed by atoms with Gasteiger partial charge in [0.2, 0.25) is 0 Å². The molecule has 0 radical (unpaired) electrons. The van der Waals surface area contributed by atoms with E-state index >= 15 is 0 Å². The first kappa shape index (κ1) is 14.8. The standard InChI is InChI=1S/C13H19BrClNO/c1-3-4-10(2)16-7-8-17-13-6-5-11(14)9-12(13)15/h5-6,9-10,16H,3-4,7-8H2,1-2H3. The van der Waals surface area contributed by atoms with Crippen molar-refractivity contribution in [1.29, 1.82) is 0 Å². The Morgan fingerprint density at radius 3 is 2.88 bits per heavy atom. The molecule has 2 nitrogen and oxygen atoms in total. The maximum Gasteiger partial charge on any atom is 0.138 e. The highest BCUT2D eigenvalue weighted by Crippen LogP contribution is 2.27. The lowest BCUT2D eigenvalue weighted by atomic mass is 10.2. The van der Waals surface area contributed by atoms with Gasteiger partial charge in [-0.05, 0) is 31.5 Å². The van der Waals surface area contributed by atoms with Gasteiger partial charge < -0.3 is 10.1 Å². The molecule has 1 aromatic carbocycles. The van der Waals surface area contributed by atoms with Gasteiger partial charge in [0.25, 0.3) is 0 Å². The molecule has 4 heteroatoms. The molecular weight excluding hydrogens is 302 g/mol. The fourth-order valence-electron chi connectivity index (χ4n) is 1.59. The van der Waals surface area contributed by atoms with E-state index in [0.717, 1.165) is 16.8 Å². The molecule has 1 N–H and O–H groups in total. The van der Waals surface area contributed by atoms with Gasteiger partial charge in [0.15, 0.2) is 0 Å².